The molecule has 0 radical (unpaired) electrons. The summed E-state index contributed by atoms with van der Waals surface area (Å²) in [7, 11) is 0. The lowest BCUT2D eigenvalue weighted by molar-refractivity contribution is 0.186. The normalized spacial score (nSPS) is 33.0. The minimum atomic E-state index is 0. The van der Waals surface area contributed by atoms with E-state index < -0.39 is 0 Å². The van der Waals surface area contributed by atoms with E-state index in [9.17, 15) is 0 Å². The number of piperidine rings is 1. The van der Waals surface area contributed by atoms with E-state index in [1.807, 2.05) is 11.3 Å². The van der Waals surface area contributed by atoms with Gasteiger partial charge in [0.1, 0.15) is 0 Å². The molecule has 4 heteroatoms. The topological polar surface area (TPSA) is 15.3 Å². The summed E-state index contributed by atoms with van der Waals surface area (Å²) in [6.07, 6.45) is 5.72. The van der Waals surface area contributed by atoms with E-state index in [0.717, 1.165) is 17.9 Å². The van der Waals surface area contributed by atoms with Crippen molar-refractivity contribution in [2.75, 3.05) is 19.6 Å². The first-order chi connectivity index (χ1) is 9.77. The SMILES string of the molecule is CC1CC1CN(Cc1ccsc1)C1CC12CCNCC2.Cl. The van der Waals surface area contributed by atoms with Crippen LogP contribution in [0.2, 0.25) is 0 Å². The van der Waals surface area contributed by atoms with Crippen LogP contribution in [-0.4, -0.2) is 30.6 Å². The van der Waals surface area contributed by atoms with Gasteiger partial charge in [-0.1, -0.05) is 6.92 Å². The standard InChI is InChI=1S/C17H26N2S.ClH/c1-13-8-15(13)11-19(10-14-2-7-20-12-14)16-9-17(16)3-5-18-6-4-17;/h2,7,12-13,15-16,18H,3-6,8-11H2,1H3;1H. The van der Waals surface area contributed by atoms with Gasteiger partial charge >= 0.3 is 0 Å². The minimum absolute atomic E-state index is 0. The first kappa shape index (κ1) is 15.8. The van der Waals surface area contributed by atoms with Gasteiger partial charge in [0.15, 0.2) is 0 Å². The second-order valence-corrected chi connectivity index (χ2v) is 8.15. The Labute approximate surface area is 138 Å². The smallest absolute Gasteiger partial charge is 0.0245 e. The predicted octanol–water partition coefficient (Wildman–Crippen LogP) is 3.77. The van der Waals surface area contributed by atoms with Crippen LogP contribution < -0.4 is 5.32 Å². The lowest BCUT2D eigenvalue weighted by Gasteiger charge is -2.29. The lowest BCUT2D eigenvalue weighted by atomic mass is 9.93. The molecule has 2 saturated carbocycles. The number of hydrogen-bond acceptors (Lipinski definition) is 3. The van der Waals surface area contributed by atoms with Gasteiger partial charge in [-0.3, -0.25) is 4.90 Å². The summed E-state index contributed by atoms with van der Waals surface area (Å²) in [5.41, 5.74) is 2.21. The van der Waals surface area contributed by atoms with Crippen LogP contribution in [0.25, 0.3) is 0 Å². The maximum atomic E-state index is 3.53. The Balaban J connectivity index is 0.00000132. The molecule has 21 heavy (non-hydrogen) atoms. The van der Waals surface area contributed by atoms with Crippen LogP contribution in [0.4, 0.5) is 0 Å². The fourth-order valence-electron chi connectivity index (χ4n) is 4.18. The summed E-state index contributed by atoms with van der Waals surface area (Å²) in [4.78, 5) is 2.83. The Morgan fingerprint density at radius 2 is 2.14 bits per heavy atom. The molecule has 0 bridgehead atoms. The van der Waals surface area contributed by atoms with Gasteiger partial charge in [-0.15, -0.1) is 12.4 Å². The van der Waals surface area contributed by atoms with Gasteiger partial charge in [0, 0.05) is 19.1 Å². The van der Waals surface area contributed by atoms with Crippen LogP contribution in [0.3, 0.4) is 0 Å². The summed E-state index contributed by atoms with van der Waals surface area (Å²) in [5.74, 6) is 1.95. The minimum Gasteiger partial charge on any atom is -0.317 e. The maximum Gasteiger partial charge on any atom is 0.0245 e. The summed E-state index contributed by atoms with van der Waals surface area (Å²) in [6.45, 7) is 7.43. The summed E-state index contributed by atoms with van der Waals surface area (Å²) >= 11 is 1.84. The van der Waals surface area contributed by atoms with Crippen LogP contribution in [0.1, 0.15) is 38.2 Å². The Kier molecular flexibility index (Phi) is 4.66. The summed E-state index contributed by atoms with van der Waals surface area (Å²) in [5, 5.41) is 8.09. The van der Waals surface area contributed by atoms with Gasteiger partial charge in [-0.2, -0.15) is 11.3 Å². The highest BCUT2D eigenvalue weighted by Crippen LogP contribution is 2.56. The molecule has 3 unspecified atom stereocenters. The van der Waals surface area contributed by atoms with E-state index in [4.69, 9.17) is 0 Å². The Bertz CT molecular complexity index is 455. The van der Waals surface area contributed by atoms with Crippen molar-refractivity contribution in [1.82, 2.24) is 10.2 Å². The van der Waals surface area contributed by atoms with Crippen molar-refractivity contribution in [1.29, 1.82) is 0 Å². The third-order valence-electron chi connectivity index (χ3n) is 5.90. The zero-order valence-corrected chi connectivity index (χ0v) is 14.5. The van der Waals surface area contributed by atoms with Crippen LogP contribution in [0, 0.1) is 17.3 Å². The molecule has 1 aromatic rings. The Morgan fingerprint density at radius 1 is 1.38 bits per heavy atom. The van der Waals surface area contributed by atoms with E-state index in [0.29, 0.717) is 5.41 Å². The molecule has 3 atom stereocenters. The average Bonchev–Trinajstić information content (AvgIpc) is 3.25. The average molecular weight is 327 g/mol. The van der Waals surface area contributed by atoms with Gasteiger partial charge in [-0.25, -0.2) is 0 Å². The number of thiophene rings is 1. The van der Waals surface area contributed by atoms with Gasteiger partial charge in [-0.05, 0) is 78.4 Å². The van der Waals surface area contributed by atoms with Crippen molar-refractivity contribution < 1.29 is 0 Å². The van der Waals surface area contributed by atoms with E-state index in [-0.39, 0.29) is 12.4 Å². The van der Waals surface area contributed by atoms with Gasteiger partial charge in [0.25, 0.3) is 0 Å². The summed E-state index contributed by atoms with van der Waals surface area (Å²) < 4.78 is 0. The molecule has 1 spiro atoms. The van der Waals surface area contributed by atoms with Gasteiger partial charge < -0.3 is 5.32 Å². The first-order valence-corrected chi connectivity index (χ1v) is 9.17. The molecule has 0 aromatic carbocycles. The van der Waals surface area contributed by atoms with E-state index >= 15 is 0 Å². The third kappa shape index (κ3) is 3.31. The predicted molar refractivity (Wildman–Crippen MR) is 92.2 cm³/mol. The maximum absolute atomic E-state index is 3.53. The molecule has 3 aliphatic rings. The van der Waals surface area contributed by atoms with Crippen molar-refractivity contribution in [2.24, 2.45) is 17.3 Å². The van der Waals surface area contributed by atoms with Crippen molar-refractivity contribution in [2.45, 2.75) is 45.2 Å². The highest BCUT2D eigenvalue weighted by atomic mass is 35.5. The fourth-order valence-corrected chi connectivity index (χ4v) is 4.84. The molecule has 2 heterocycles. The highest BCUT2D eigenvalue weighted by Gasteiger charge is 2.57. The number of halogens is 1. The van der Waals surface area contributed by atoms with Crippen LogP contribution in [0.5, 0.6) is 0 Å². The molecule has 2 aliphatic carbocycles. The third-order valence-corrected chi connectivity index (χ3v) is 6.63. The van der Waals surface area contributed by atoms with Gasteiger partial charge in [0.05, 0.1) is 0 Å². The first-order valence-electron chi connectivity index (χ1n) is 8.23. The molecule has 0 amide bonds. The number of hydrogen-bond donors (Lipinski definition) is 1. The zero-order chi connectivity index (χ0) is 13.6. The van der Waals surface area contributed by atoms with Crippen molar-refractivity contribution in [3.8, 4) is 0 Å². The van der Waals surface area contributed by atoms with Crippen LogP contribution in [-0.2, 0) is 6.54 Å². The second kappa shape index (κ2) is 6.19. The second-order valence-electron chi connectivity index (χ2n) is 7.37. The molecular formula is C17H27ClN2S. The molecule has 2 nitrogen and oxygen atoms in total. The Morgan fingerprint density at radius 3 is 2.76 bits per heavy atom. The number of rotatable bonds is 5. The van der Waals surface area contributed by atoms with E-state index in [1.165, 1.54) is 57.4 Å². The molecule has 1 aliphatic heterocycles. The van der Waals surface area contributed by atoms with Crippen molar-refractivity contribution in [3.63, 3.8) is 0 Å². The largest absolute Gasteiger partial charge is 0.317 e. The quantitative estimate of drug-likeness (QED) is 0.886. The number of nitrogens with zero attached hydrogens (tertiary/aromatic N) is 1. The molecule has 1 saturated heterocycles. The lowest BCUT2D eigenvalue weighted by Crippen LogP contribution is -2.37. The fraction of sp³-hybridized carbons (Fsp3) is 0.765. The molecule has 1 aromatic heterocycles. The number of nitrogens with one attached hydrogen (secondary N) is 1. The van der Waals surface area contributed by atoms with Crippen LogP contribution >= 0.6 is 23.7 Å². The van der Waals surface area contributed by atoms with E-state index in [1.54, 1.807) is 0 Å². The van der Waals surface area contributed by atoms with Gasteiger partial charge in [0.2, 0.25) is 0 Å². The monoisotopic (exact) mass is 326 g/mol. The molecule has 3 fully saturated rings. The van der Waals surface area contributed by atoms with E-state index in [2.05, 4.69) is 34.0 Å². The molecular weight excluding hydrogens is 300 g/mol. The zero-order valence-electron chi connectivity index (χ0n) is 12.9. The summed E-state index contributed by atoms with van der Waals surface area (Å²) in [6, 6.07) is 3.18. The molecule has 118 valence electrons. The van der Waals surface area contributed by atoms with Crippen LogP contribution in [0.15, 0.2) is 16.8 Å². The molecule has 4 rings (SSSR count). The van der Waals surface area contributed by atoms with Crippen molar-refractivity contribution >= 4 is 23.7 Å². The Hall–Kier alpha value is -0.0900. The molecule has 1 N–H and O–H groups in total. The van der Waals surface area contributed by atoms with Crippen molar-refractivity contribution in [3.05, 3.63) is 22.4 Å². The highest BCUT2D eigenvalue weighted by molar-refractivity contribution is 7.07.